The maximum atomic E-state index is 5.96. The number of hydrogen-bond donors (Lipinski definition) is 2. The average Bonchev–Trinajstić information content (AvgIpc) is 2.82. The van der Waals surface area contributed by atoms with Crippen molar-refractivity contribution in [3.05, 3.63) is 51.3 Å². The molecule has 0 saturated heterocycles. The fourth-order valence-electron chi connectivity index (χ4n) is 2.04. The summed E-state index contributed by atoms with van der Waals surface area (Å²) in [6.45, 7) is 2.24. The van der Waals surface area contributed by atoms with Gasteiger partial charge < -0.3 is 10.6 Å². The molecule has 98 valence electrons. The van der Waals surface area contributed by atoms with Gasteiger partial charge in [-0.1, -0.05) is 23.2 Å². The molecule has 6 heteroatoms. The van der Waals surface area contributed by atoms with Gasteiger partial charge in [-0.25, -0.2) is 9.97 Å². The lowest BCUT2D eigenvalue weighted by molar-refractivity contribution is 0.757. The smallest absolute Gasteiger partial charge is 0.223 e. The van der Waals surface area contributed by atoms with Crippen LogP contribution in [0.3, 0.4) is 0 Å². The lowest BCUT2D eigenvalue weighted by Crippen LogP contribution is -2.05. The molecule has 0 fully saturated rings. The Hall–Kier alpha value is -1.36. The zero-order valence-electron chi connectivity index (χ0n) is 10.1. The molecule has 4 nitrogen and oxygen atoms in total. The molecule has 0 saturated carbocycles. The minimum atomic E-state index is 0.590. The SMILES string of the molecule is Clc1cc(Cl)cc(CNc2ncc3c(n2)CNC3)c1. The lowest BCUT2D eigenvalue weighted by atomic mass is 10.2. The van der Waals surface area contributed by atoms with Crippen LogP contribution in [0.25, 0.3) is 0 Å². The number of hydrogen-bond acceptors (Lipinski definition) is 4. The van der Waals surface area contributed by atoms with E-state index in [2.05, 4.69) is 20.6 Å². The predicted octanol–water partition coefficient (Wildman–Crippen LogP) is 3.00. The predicted molar refractivity (Wildman–Crippen MR) is 76.4 cm³/mol. The molecule has 0 atom stereocenters. The summed E-state index contributed by atoms with van der Waals surface area (Å²) in [5, 5.41) is 7.67. The number of aromatic nitrogens is 2. The highest BCUT2D eigenvalue weighted by atomic mass is 35.5. The summed E-state index contributed by atoms with van der Waals surface area (Å²) in [6, 6.07) is 5.45. The minimum absolute atomic E-state index is 0.590. The van der Waals surface area contributed by atoms with Gasteiger partial charge in [0.15, 0.2) is 0 Å². The van der Waals surface area contributed by atoms with Crippen molar-refractivity contribution in [3.63, 3.8) is 0 Å². The highest BCUT2D eigenvalue weighted by molar-refractivity contribution is 6.34. The van der Waals surface area contributed by atoms with Crippen LogP contribution < -0.4 is 10.6 Å². The van der Waals surface area contributed by atoms with Crippen LogP contribution >= 0.6 is 23.2 Å². The Morgan fingerprint density at radius 1 is 1.16 bits per heavy atom. The van der Waals surface area contributed by atoms with E-state index in [4.69, 9.17) is 23.2 Å². The molecular formula is C13H12Cl2N4. The maximum absolute atomic E-state index is 5.96. The Bertz CT molecular complexity index is 595. The highest BCUT2D eigenvalue weighted by Gasteiger charge is 2.12. The van der Waals surface area contributed by atoms with Gasteiger partial charge in [-0.05, 0) is 23.8 Å². The lowest BCUT2D eigenvalue weighted by Gasteiger charge is -2.07. The van der Waals surface area contributed by atoms with E-state index in [0.717, 1.165) is 29.9 Å². The normalized spacial score (nSPS) is 13.4. The third-order valence-electron chi connectivity index (χ3n) is 2.94. The van der Waals surface area contributed by atoms with Gasteiger partial charge in [0.1, 0.15) is 0 Å². The summed E-state index contributed by atoms with van der Waals surface area (Å²) in [7, 11) is 0. The molecule has 2 aromatic rings. The zero-order valence-corrected chi connectivity index (χ0v) is 11.6. The Kier molecular flexibility index (Phi) is 3.55. The molecule has 0 aliphatic carbocycles. The van der Waals surface area contributed by atoms with Crippen molar-refractivity contribution < 1.29 is 0 Å². The summed E-state index contributed by atoms with van der Waals surface area (Å²) in [4.78, 5) is 8.74. The highest BCUT2D eigenvalue weighted by Crippen LogP contribution is 2.20. The van der Waals surface area contributed by atoms with Crippen LogP contribution in [0.15, 0.2) is 24.4 Å². The number of fused-ring (bicyclic) bond motifs is 1. The molecule has 1 aliphatic heterocycles. The van der Waals surface area contributed by atoms with Crippen molar-refractivity contribution in [1.29, 1.82) is 0 Å². The van der Waals surface area contributed by atoms with Crippen LogP contribution in [0.4, 0.5) is 5.95 Å². The average molecular weight is 295 g/mol. The van der Waals surface area contributed by atoms with Crippen LogP contribution in [0, 0.1) is 0 Å². The number of anilines is 1. The van der Waals surface area contributed by atoms with E-state index >= 15 is 0 Å². The Labute approximate surface area is 121 Å². The zero-order chi connectivity index (χ0) is 13.2. The van der Waals surface area contributed by atoms with Crippen LogP contribution in [0.5, 0.6) is 0 Å². The van der Waals surface area contributed by atoms with Gasteiger partial charge in [0.25, 0.3) is 0 Å². The van der Waals surface area contributed by atoms with Crippen molar-refractivity contribution >= 4 is 29.2 Å². The third kappa shape index (κ3) is 2.97. The Balaban J connectivity index is 1.72. The standard InChI is InChI=1S/C13H12Cl2N4/c14-10-1-8(2-11(15)3-10)4-17-13-18-6-9-5-16-7-12(9)19-13/h1-3,6,16H,4-5,7H2,(H,17,18,19). The number of rotatable bonds is 3. The molecule has 2 N–H and O–H groups in total. The van der Waals surface area contributed by atoms with E-state index < -0.39 is 0 Å². The van der Waals surface area contributed by atoms with E-state index in [0.29, 0.717) is 22.5 Å². The van der Waals surface area contributed by atoms with Crippen LogP contribution in [-0.4, -0.2) is 9.97 Å². The number of nitrogens with zero attached hydrogens (tertiary/aromatic N) is 2. The van der Waals surface area contributed by atoms with E-state index in [1.54, 1.807) is 6.07 Å². The van der Waals surface area contributed by atoms with Gasteiger partial charge in [0.2, 0.25) is 5.95 Å². The first-order valence-corrected chi connectivity index (χ1v) is 6.70. The summed E-state index contributed by atoms with van der Waals surface area (Å²) >= 11 is 11.9. The number of benzene rings is 1. The third-order valence-corrected chi connectivity index (χ3v) is 3.37. The van der Waals surface area contributed by atoms with Crippen molar-refractivity contribution in [3.8, 4) is 0 Å². The number of halogens is 2. The minimum Gasteiger partial charge on any atom is -0.350 e. The second-order valence-electron chi connectivity index (χ2n) is 4.40. The van der Waals surface area contributed by atoms with Crippen molar-refractivity contribution in [1.82, 2.24) is 15.3 Å². The van der Waals surface area contributed by atoms with Gasteiger partial charge in [0.05, 0.1) is 5.69 Å². The van der Waals surface area contributed by atoms with Crippen LogP contribution in [0.2, 0.25) is 10.0 Å². The largest absolute Gasteiger partial charge is 0.350 e. The molecule has 0 amide bonds. The Morgan fingerprint density at radius 3 is 2.74 bits per heavy atom. The summed E-state index contributed by atoms with van der Waals surface area (Å²) in [5.41, 5.74) is 3.22. The summed E-state index contributed by atoms with van der Waals surface area (Å²) in [5.74, 6) is 0.624. The monoisotopic (exact) mass is 294 g/mol. The van der Waals surface area contributed by atoms with Gasteiger partial charge in [0, 0.05) is 41.4 Å². The quantitative estimate of drug-likeness (QED) is 0.914. The topological polar surface area (TPSA) is 49.8 Å². The number of nitrogens with one attached hydrogen (secondary N) is 2. The van der Waals surface area contributed by atoms with E-state index in [9.17, 15) is 0 Å². The van der Waals surface area contributed by atoms with Gasteiger partial charge >= 0.3 is 0 Å². The van der Waals surface area contributed by atoms with Crippen molar-refractivity contribution in [2.75, 3.05) is 5.32 Å². The van der Waals surface area contributed by atoms with E-state index in [1.165, 1.54) is 0 Å². The van der Waals surface area contributed by atoms with Gasteiger partial charge in [-0.3, -0.25) is 0 Å². The molecule has 0 unspecified atom stereocenters. The molecule has 19 heavy (non-hydrogen) atoms. The maximum Gasteiger partial charge on any atom is 0.223 e. The fraction of sp³-hybridized carbons (Fsp3) is 0.231. The van der Waals surface area contributed by atoms with Crippen LogP contribution in [0.1, 0.15) is 16.8 Å². The molecule has 1 aromatic carbocycles. The fourth-order valence-corrected chi connectivity index (χ4v) is 2.61. The van der Waals surface area contributed by atoms with Gasteiger partial charge in [-0.2, -0.15) is 0 Å². The molecule has 0 bridgehead atoms. The molecule has 0 spiro atoms. The molecule has 1 aliphatic rings. The van der Waals surface area contributed by atoms with Gasteiger partial charge in [-0.15, -0.1) is 0 Å². The van der Waals surface area contributed by atoms with E-state index in [1.807, 2.05) is 18.3 Å². The van der Waals surface area contributed by atoms with Crippen molar-refractivity contribution in [2.45, 2.75) is 19.6 Å². The van der Waals surface area contributed by atoms with E-state index in [-0.39, 0.29) is 0 Å². The summed E-state index contributed by atoms with van der Waals surface area (Å²) in [6.07, 6.45) is 1.86. The summed E-state index contributed by atoms with van der Waals surface area (Å²) < 4.78 is 0. The molecule has 2 heterocycles. The van der Waals surface area contributed by atoms with Crippen molar-refractivity contribution in [2.24, 2.45) is 0 Å². The molecule has 0 radical (unpaired) electrons. The molecule has 1 aromatic heterocycles. The molecular weight excluding hydrogens is 283 g/mol. The molecule has 3 rings (SSSR count). The second-order valence-corrected chi connectivity index (χ2v) is 5.27. The first-order chi connectivity index (χ1) is 9.20. The Morgan fingerprint density at radius 2 is 1.95 bits per heavy atom. The first-order valence-electron chi connectivity index (χ1n) is 5.95. The van der Waals surface area contributed by atoms with Crippen LogP contribution in [-0.2, 0) is 19.6 Å². The first kappa shape index (κ1) is 12.7. The second kappa shape index (κ2) is 5.33.